The van der Waals surface area contributed by atoms with Gasteiger partial charge in [0.15, 0.2) is 6.29 Å². The third kappa shape index (κ3) is 2.11. The summed E-state index contributed by atoms with van der Waals surface area (Å²) in [6.45, 7) is -0.675. The van der Waals surface area contributed by atoms with E-state index in [1.54, 1.807) is 0 Å². The summed E-state index contributed by atoms with van der Waals surface area (Å²) in [6, 6.07) is 0. The van der Waals surface area contributed by atoms with Gasteiger partial charge in [-0.25, -0.2) is 0 Å². The third-order valence-electron chi connectivity index (χ3n) is 3.03. The molecule has 0 spiro atoms. The summed E-state index contributed by atoms with van der Waals surface area (Å²) < 4.78 is 4.88. The zero-order chi connectivity index (χ0) is 13.3. The van der Waals surface area contributed by atoms with Crippen molar-refractivity contribution in [2.24, 2.45) is 0 Å². The molecule has 9 heteroatoms. The molecule has 9 nitrogen and oxygen atoms in total. The van der Waals surface area contributed by atoms with Crippen LogP contribution in [0.25, 0.3) is 0 Å². The Morgan fingerprint density at radius 2 is 2.22 bits per heavy atom. The number of hydrogen-bond acceptors (Lipinski definition) is 8. The van der Waals surface area contributed by atoms with Gasteiger partial charge in [-0.2, -0.15) is 15.4 Å². The van der Waals surface area contributed by atoms with Gasteiger partial charge in [0.1, 0.15) is 23.9 Å². The van der Waals surface area contributed by atoms with E-state index >= 15 is 0 Å². The summed E-state index contributed by atoms with van der Waals surface area (Å²) in [5.74, 6) is 0. The van der Waals surface area contributed by atoms with Crippen LogP contribution in [-0.4, -0.2) is 77.8 Å². The molecule has 5 atom stereocenters. The summed E-state index contributed by atoms with van der Waals surface area (Å²) in [5, 5.41) is 57.6. The monoisotopic (exact) mass is 261 g/mol. The summed E-state index contributed by atoms with van der Waals surface area (Å²) in [7, 11) is 0. The molecule has 1 aromatic heterocycles. The Kier molecular flexibility index (Phi) is 3.61. The second-order valence-corrected chi connectivity index (χ2v) is 4.27. The number of aliphatic hydroxyl groups excluding tert-OH is 4. The molecule has 1 aliphatic rings. The smallest absolute Gasteiger partial charge is 0.184 e. The van der Waals surface area contributed by atoms with Crippen LogP contribution in [0, 0.1) is 0 Å². The van der Waals surface area contributed by atoms with Gasteiger partial charge in [-0.3, -0.25) is 0 Å². The second-order valence-electron chi connectivity index (χ2n) is 4.27. The van der Waals surface area contributed by atoms with Crippen LogP contribution in [-0.2, 0) is 11.2 Å². The molecule has 1 fully saturated rings. The Morgan fingerprint density at radius 1 is 1.50 bits per heavy atom. The second kappa shape index (κ2) is 4.88. The zero-order valence-electron chi connectivity index (χ0n) is 9.34. The molecule has 1 aromatic rings. The Hall–Kier alpha value is -1.10. The Labute approximate surface area is 102 Å². The molecular formula is C9H15N3O6. The average Bonchev–Trinajstić information content (AvgIpc) is 2.92. The van der Waals surface area contributed by atoms with E-state index in [1.807, 2.05) is 0 Å². The van der Waals surface area contributed by atoms with Gasteiger partial charge >= 0.3 is 0 Å². The molecule has 18 heavy (non-hydrogen) atoms. The zero-order valence-corrected chi connectivity index (χ0v) is 9.34. The summed E-state index contributed by atoms with van der Waals surface area (Å²) >= 11 is 0. The fourth-order valence-electron chi connectivity index (χ4n) is 2.08. The van der Waals surface area contributed by atoms with Crippen LogP contribution < -0.4 is 0 Å². The molecular weight excluding hydrogens is 246 g/mol. The lowest BCUT2D eigenvalue weighted by Gasteiger charge is -2.31. The van der Waals surface area contributed by atoms with Crippen LogP contribution in [0.2, 0.25) is 0 Å². The predicted molar refractivity (Wildman–Crippen MR) is 55.0 cm³/mol. The quantitative estimate of drug-likeness (QED) is 0.326. The van der Waals surface area contributed by atoms with E-state index in [0.29, 0.717) is 5.69 Å². The van der Waals surface area contributed by atoms with Crippen molar-refractivity contribution in [3.8, 4) is 0 Å². The van der Waals surface area contributed by atoms with Gasteiger partial charge in [-0.15, -0.1) is 0 Å². The number of ether oxygens (including phenoxy) is 1. The van der Waals surface area contributed by atoms with Crippen LogP contribution in [0.1, 0.15) is 5.69 Å². The first kappa shape index (κ1) is 13.3. The number of rotatable bonds is 4. The molecule has 0 amide bonds. The van der Waals surface area contributed by atoms with Crippen molar-refractivity contribution < 1.29 is 30.3 Å². The van der Waals surface area contributed by atoms with Crippen LogP contribution >= 0.6 is 0 Å². The van der Waals surface area contributed by atoms with Gasteiger partial charge < -0.3 is 30.3 Å². The molecule has 102 valence electrons. The number of aliphatic hydroxyl groups is 5. The third-order valence-corrected chi connectivity index (χ3v) is 3.03. The molecule has 0 radical (unpaired) electrons. The number of aromatic amines is 1. The Balaban J connectivity index is 2.24. The minimum Gasteiger partial charge on any atom is -0.394 e. The number of aromatic nitrogens is 3. The van der Waals surface area contributed by atoms with E-state index in [0.717, 1.165) is 0 Å². The van der Waals surface area contributed by atoms with E-state index in [1.165, 1.54) is 6.20 Å². The van der Waals surface area contributed by atoms with Gasteiger partial charge in [0.25, 0.3) is 0 Å². The molecule has 1 aliphatic heterocycles. The molecule has 6 N–H and O–H groups in total. The summed E-state index contributed by atoms with van der Waals surface area (Å²) in [5.41, 5.74) is -1.64. The number of hydrogen-bond donors (Lipinski definition) is 6. The highest BCUT2D eigenvalue weighted by molar-refractivity contribution is 5.10. The maximum Gasteiger partial charge on any atom is 0.184 e. The summed E-state index contributed by atoms with van der Waals surface area (Å²) in [6.07, 6.45) is -4.90. The lowest BCUT2D eigenvalue weighted by molar-refractivity contribution is -0.154. The van der Waals surface area contributed by atoms with Crippen molar-refractivity contribution in [3.63, 3.8) is 0 Å². The van der Waals surface area contributed by atoms with E-state index in [-0.39, 0.29) is 6.42 Å². The maximum absolute atomic E-state index is 10.4. The fourth-order valence-corrected chi connectivity index (χ4v) is 2.08. The van der Waals surface area contributed by atoms with Crippen molar-refractivity contribution in [2.45, 2.75) is 36.6 Å². The van der Waals surface area contributed by atoms with Gasteiger partial charge in [-0.05, 0) is 0 Å². The van der Waals surface area contributed by atoms with Gasteiger partial charge in [0.2, 0.25) is 0 Å². The van der Waals surface area contributed by atoms with Crippen molar-refractivity contribution >= 4 is 0 Å². The van der Waals surface area contributed by atoms with Gasteiger partial charge in [0.05, 0.1) is 18.5 Å². The van der Waals surface area contributed by atoms with Crippen molar-refractivity contribution in [2.75, 3.05) is 6.61 Å². The minimum atomic E-state index is -1.96. The highest BCUT2D eigenvalue weighted by Gasteiger charge is 2.57. The average molecular weight is 261 g/mol. The molecule has 1 unspecified atom stereocenters. The van der Waals surface area contributed by atoms with Crippen molar-refractivity contribution in [1.29, 1.82) is 0 Å². The maximum atomic E-state index is 10.4. The molecule has 2 rings (SSSR count). The first-order valence-corrected chi connectivity index (χ1v) is 5.36. The minimum absolute atomic E-state index is 0.191. The number of H-pyrrole nitrogens is 1. The van der Waals surface area contributed by atoms with Crippen LogP contribution in [0.4, 0.5) is 0 Å². The molecule has 0 bridgehead atoms. The Bertz CT molecular complexity index is 388. The molecule has 0 aromatic carbocycles. The highest BCUT2D eigenvalue weighted by Crippen LogP contribution is 2.34. The van der Waals surface area contributed by atoms with E-state index in [4.69, 9.17) is 9.84 Å². The number of nitrogens with one attached hydrogen (secondary N) is 1. The first-order valence-electron chi connectivity index (χ1n) is 5.36. The summed E-state index contributed by atoms with van der Waals surface area (Å²) in [4.78, 5) is 0. The van der Waals surface area contributed by atoms with Gasteiger partial charge in [0, 0.05) is 6.42 Å². The van der Waals surface area contributed by atoms with Crippen molar-refractivity contribution in [1.82, 2.24) is 15.4 Å². The SMILES string of the molecule is OC[C@@H](O)[C@H]1OC(O)[C@H](O)[C@]1(O)Cc1cn[nH]n1. The number of nitrogens with zero attached hydrogens (tertiary/aromatic N) is 2. The lowest BCUT2D eigenvalue weighted by atomic mass is 9.85. The lowest BCUT2D eigenvalue weighted by Crippen LogP contribution is -2.54. The van der Waals surface area contributed by atoms with Crippen LogP contribution in [0.15, 0.2) is 6.20 Å². The molecule has 0 aliphatic carbocycles. The highest BCUT2D eigenvalue weighted by atomic mass is 16.7. The normalized spacial score (nSPS) is 37.9. The molecule has 1 saturated heterocycles. The standard InChI is InChI=1S/C9H15N3O6/c13-3-5(14)7-9(17,6(15)8(16)18-7)1-4-2-10-12-11-4/h2,5-8,13-17H,1,3H2,(H,10,11,12)/t5-,6+,7-,8?,9-/m1/s1. The largest absolute Gasteiger partial charge is 0.394 e. The van der Waals surface area contributed by atoms with Crippen LogP contribution in [0.3, 0.4) is 0 Å². The van der Waals surface area contributed by atoms with E-state index in [2.05, 4.69) is 15.4 Å². The van der Waals surface area contributed by atoms with E-state index < -0.39 is 36.8 Å². The molecule has 0 saturated carbocycles. The topological polar surface area (TPSA) is 152 Å². The fraction of sp³-hybridized carbons (Fsp3) is 0.778. The molecule has 2 heterocycles. The van der Waals surface area contributed by atoms with Crippen LogP contribution in [0.5, 0.6) is 0 Å². The van der Waals surface area contributed by atoms with E-state index in [9.17, 15) is 20.4 Å². The Morgan fingerprint density at radius 3 is 2.78 bits per heavy atom. The predicted octanol–water partition coefficient (Wildman–Crippen LogP) is -3.49. The first-order chi connectivity index (χ1) is 8.49. The van der Waals surface area contributed by atoms with Crippen molar-refractivity contribution in [3.05, 3.63) is 11.9 Å². The van der Waals surface area contributed by atoms with Gasteiger partial charge in [-0.1, -0.05) is 0 Å².